The van der Waals surface area contributed by atoms with Gasteiger partial charge >= 0.3 is 0 Å². The summed E-state index contributed by atoms with van der Waals surface area (Å²) in [6.45, 7) is 1.07. The number of hydrogen-bond donors (Lipinski definition) is 1. The van der Waals surface area contributed by atoms with Crippen molar-refractivity contribution < 1.29 is 0 Å². The van der Waals surface area contributed by atoms with Crippen molar-refractivity contribution in [2.45, 2.75) is 192 Å². The van der Waals surface area contributed by atoms with Crippen molar-refractivity contribution in [2.75, 3.05) is 6.54 Å². The minimum absolute atomic E-state index is 0.870. The highest BCUT2D eigenvalue weighted by molar-refractivity contribution is 7.44. The van der Waals surface area contributed by atoms with Gasteiger partial charge in [0.1, 0.15) is 0 Å². The molecule has 0 aliphatic heterocycles. The van der Waals surface area contributed by atoms with Gasteiger partial charge in [-0.2, -0.15) is 0 Å². The molecule has 0 aliphatic rings. The molecule has 212 valence electrons. The number of rotatable bonds is 30. The third-order valence-electron chi connectivity index (χ3n) is 7.57. The van der Waals surface area contributed by atoms with Crippen LogP contribution in [0.5, 0.6) is 0 Å². The maximum atomic E-state index is 6.15. The second-order valence-corrected chi connectivity index (χ2v) is 19.7. The molecule has 0 fully saturated rings. The smallest absolute Gasteiger partial charge is 0.248 e. The maximum Gasteiger partial charge on any atom is 0.248 e. The highest BCUT2D eigenvalue weighted by Gasteiger charge is 2.19. The third kappa shape index (κ3) is 34.8. The van der Waals surface area contributed by atoms with Gasteiger partial charge in [-0.1, -0.05) is 173 Å². The Hall–Kier alpha value is 0.757. The molecule has 4 heteroatoms. The first-order valence-corrected chi connectivity index (χ1v) is 20.9. The van der Waals surface area contributed by atoms with E-state index in [4.69, 9.17) is 27.9 Å². The first kappa shape index (κ1) is 35.8. The Balaban J connectivity index is 3.03. The Kier molecular flexibility index (Phi) is 29.9. The summed E-state index contributed by atoms with van der Waals surface area (Å²) >= 11 is 12.3. The largest absolute Gasteiger partial charge is 0.330 e. The van der Waals surface area contributed by atoms with Gasteiger partial charge in [0.25, 0.3) is 0 Å². The van der Waals surface area contributed by atoms with Crippen molar-refractivity contribution in [3.63, 3.8) is 0 Å². The summed E-state index contributed by atoms with van der Waals surface area (Å²) < 4.78 is 0. The van der Waals surface area contributed by atoms with Crippen LogP contribution in [0.1, 0.15) is 180 Å². The summed E-state index contributed by atoms with van der Waals surface area (Å²) in [5.41, 5.74) is 5.54. The van der Waals surface area contributed by atoms with Crippen LogP contribution >= 0.6 is 22.2 Å². The molecule has 0 aliphatic carbocycles. The third-order valence-corrected chi connectivity index (χ3v) is 9.94. The second-order valence-electron chi connectivity index (χ2n) is 11.5. The van der Waals surface area contributed by atoms with Gasteiger partial charge < -0.3 is 5.73 Å². The van der Waals surface area contributed by atoms with E-state index < -0.39 is 6.69 Å². The lowest BCUT2D eigenvalue weighted by atomic mass is 10.0. The van der Waals surface area contributed by atoms with Crippen LogP contribution in [-0.4, -0.2) is 13.2 Å². The molecule has 0 unspecified atom stereocenters. The van der Waals surface area contributed by atoms with E-state index in [2.05, 4.69) is 0 Å². The minimum Gasteiger partial charge on any atom is -0.330 e. The van der Waals surface area contributed by atoms with E-state index in [9.17, 15) is 0 Å². The molecule has 1 nitrogen and oxygen atoms in total. The summed E-state index contributed by atoms with van der Waals surface area (Å²) in [4.78, 5) is 0. The molecule has 0 aromatic rings. The van der Waals surface area contributed by atoms with Crippen molar-refractivity contribution in [1.29, 1.82) is 0 Å². The molecular formula is C31H65Cl2NSi. The van der Waals surface area contributed by atoms with Crippen molar-refractivity contribution >= 4 is 28.9 Å². The minimum atomic E-state index is -1.84. The molecule has 0 radical (unpaired) electrons. The predicted molar refractivity (Wildman–Crippen MR) is 166 cm³/mol. The van der Waals surface area contributed by atoms with Gasteiger partial charge in [0, 0.05) is 0 Å². The van der Waals surface area contributed by atoms with Gasteiger partial charge in [-0.15, -0.1) is 22.2 Å². The van der Waals surface area contributed by atoms with Gasteiger partial charge in [0.05, 0.1) is 0 Å². The summed E-state index contributed by atoms with van der Waals surface area (Å²) in [5.74, 6) is 0. The average Bonchev–Trinajstić information content (AvgIpc) is 2.82. The summed E-state index contributed by atoms with van der Waals surface area (Å²) in [6.07, 6.45) is 39.9. The monoisotopic (exact) mass is 549 g/mol. The van der Waals surface area contributed by atoms with Crippen LogP contribution in [0.2, 0.25) is 12.6 Å². The molecule has 0 atom stereocenters. The fourth-order valence-electron chi connectivity index (χ4n) is 5.18. The molecular weight excluding hydrogens is 485 g/mol. The molecule has 0 saturated carbocycles. The molecule has 35 heavy (non-hydrogen) atoms. The first-order chi connectivity index (χ1) is 17.1. The highest BCUT2D eigenvalue weighted by atomic mass is 35.7. The Morgan fingerprint density at radius 1 is 0.343 bits per heavy atom. The van der Waals surface area contributed by atoms with Crippen LogP contribution in [-0.2, 0) is 0 Å². The number of halogens is 2. The van der Waals surface area contributed by atoms with Crippen molar-refractivity contribution in [3.05, 3.63) is 0 Å². The average molecular weight is 551 g/mol. The van der Waals surface area contributed by atoms with E-state index in [1.807, 2.05) is 6.55 Å². The fourth-order valence-corrected chi connectivity index (χ4v) is 6.85. The van der Waals surface area contributed by atoms with Crippen LogP contribution in [0, 0.1) is 0 Å². The van der Waals surface area contributed by atoms with Crippen LogP contribution in [0.25, 0.3) is 0 Å². The molecule has 0 spiro atoms. The maximum absolute atomic E-state index is 6.15. The lowest BCUT2D eigenvalue weighted by Gasteiger charge is -2.09. The first-order valence-electron chi connectivity index (χ1n) is 16.1. The van der Waals surface area contributed by atoms with Gasteiger partial charge in [0.15, 0.2) is 0 Å². The molecule has 0 bridgehead atoms. The zero-order valence-corrected chi connectivity index (χ0v) is 26.6. The Labute approximate surface area is 232 Å². The lowest BCUT2D eigenvalue weighted by Crippen LogP contribution is -2.11. The van der Waals surface area contributed by atoms with Crippen LogP contribution < -0.4 is 5.73 Å². The van der Waals surface area contributed by atoms with Gasteiger partial charge in [-0.25, -0.2) is 0 Å². The summed E-state index contributed by atoms with van der Waals surface area (Å²) in [7, 11) is 0. The van der Waals surface area contributed by atoms with Crippen molar-refractivity contribution in [3.8, 4) is 0 Å². The van der Waals surface area contributed by atoms with Crippen molar-refractivity contribution in [1.82, 2.24) is 0 Å². The fraction of sp³-hybridized carbons (Fsp3) is 1.00. The van der Waals surface area contributed by atoms with Gasteiger partial charge in [-0.05, 0) is 25.6 Å². The number of unbranched alkanes of at least 4 members (excludes halogenated alkanes) is 27. The quantitative estimate of drug-likeness (QED) is 0.0537. The predicted octanol–water partition coefficient (Wildman–Crippen LogP) is 12.4. The van der Waals surface area contributed by atoms with E-state index in [0.717, 1.165) is 12.6 Å². The normalized spacial score (nSPS) is 12.0. The lowest BCUT2D eigenvalue weighted by molar-refractivity contribution is 0.514. The Morgan fingerprint density at radius 3 is 0.686 bits per heavy atom. The zero-order chi connectivity index (χ0) is 25.7. The van der Waals surface area contributed by atoms with E-state index >= 15 is 0 Å². The topological polar surface area (TPSA) is 26.0 Å². The van der Waals surface area contributed by atoms with Gasteiger partial charge in [-0.3, -0.25) is 0 Å². The van der Waals surface area contributed by atoms with Gasteiger partial charge in [0.2, 0.25) is 6.69 Å². The van der Waals surface area contributed by atoms with E-state index in [1.165, 1.54) is 180 Å². The molecule has 0 heterocycles. The number of nitrogens with two attached hydrogens (primary N) is 1. The summed E-state index contributed by atoms with van der Waals surface area (Å²) in [6, 6.07) is 1.06. The Morgan fingerprint density at radius 2 is 0.514 bits per heavy atom. The van der Waals surface area contributed by atoms with Crippen LogP contribution in [0.4, 0.5) is 0 Å². The standard InChI is InChI=1S/C31H65Cl2NSi/c1-35(32,33)31-29-27-25-23-21-19-17-15-13-11-9-7-5-3-2-4-6-8-10-12-14-16-18-20-22-24-26-28-30-34/h2-31,34H2,1H3. The van der Waals surface area contributed by atoms with Crippen LogP contribution in [0.15, 0.2) is 0 Å². The van der Waals surface area contributed by atoms with E-state index in [-0.39, 0.29) is 0 Å². The Bertz CT molecular complexity index is 387. The molecule has 0 rings (SSSR count). The SMILES string of the molecule is C[Si](Cl)(Cl)CCCCCCCCCCCCCCCCCCCCCCCCCCCCCCN. The van der Waals surface area contributed by atoms with Crippen molar-refractivity contribution in [2.24, 2.45) is 5.73 Å². The van der Waals surface area contributed by atoms with E-state index in [1.54, 1.807) is 0 Å². The molecule has 0 saturated heterocycles. The zero-order valence-electron chi connectivity index (χ0n) is 24.0. The van der Waals surface area contributed by atoms with Crippen LogP contribution in [0.3, 0.4) is 0 Å². The molecule has 2 N–H and O–H groups in total. The molecule has 0 aromatic carbocycles. The van der Waals surface area contributed by atoms with E-state index in [0.29, 0.717) is 0 Å². The molecule has 0 aromatic heterocycles. The highest BCUT2D eigenvalue weighted by Crippen LogP contribution is 2.23. The number of hydrogen-bond acceptors (Lipinski definition) is 1. The molecule has 0 amide bonds. The summed E-state index contributed by atoms with van der Waals surface area (Å²) in [5, 5.41) is 0. The second kappa shape index (κ2) is 29.3.